The van der Waals surface area contributed by atoms with Gasteiger partial charge in [0, 0.05) is 66.1 Å². The van der Waals surface area contributed by atoms with Crippen LogP contribution in [0.5, 0.6) is 0 Å². The van der Waals surface area contributed by atoms with Crippen LogP contribution in [0.1, 0.15) is 156 Å². The van der Waals surface area contributed by atoms with Gasteiger partial charge in [0.1, 0.15) is 0 Å². The Balaban J connectivity index is 0.987. The number of nitrogens with one attached hydrogen (secondary N) is 6. The first kappa shape index (κ1) is 40.3. The van der Waals surface area contributed by atoms with Gasteiger partial charge in [-0.2, -0.15) is 0 Å². The van der Waals surface area contributed by atoms with E-state index in [9.17, 15) is 0 Å². The number of hydrogen-bond acceptors (Lipinski definition) is 6. The van der Waals surface area contributed by atoms with Gasteiger partial charge in [-0.05, 0) is 173 Å². The van der Waals surface area contributed by atoms with Gasteiger partial charge in [0.2, 0.25) is 0 Å². The van der Waals surface area contributed by atoms with Crippen LogP contribution in [-0.4, -0.2) is 66.5 Å². The topological polar surface area (TPSA) is 72.2 Å². The lowest BCUT2D eigenvalue weighted by atomic mass is 9.52. The standard InChI is InChI=1S/C56H82N6/c1-4-33-29-45-48-37(5-2)41-13-8-14-42-38-22-18-32(16-15-30(38)3)28-36-21-26-47(58-36)44-24-23-43-46-25-20-35(57-46)27-31-9-6-10-34(19-17-31)40-12-7-11-39(33)49(40)59-53(45)55-56(54(48)60-50(41)42)62-52(44)51(43)61-55/h18,22-24,26,31-32,34-37,40-42,45-46,48-62H,4-17,19-21,25,27-29H2,1-3H3. The second-order valence-electron chi connectivity index (χ2n) is 24.0. The highest BCUT2D eigenvalue weighted by molar-refractivity contribution is 5.49. The maximum absolute atomic E-state index is 4.87. The summed E-state index contributed by atoms with van der Waals surface area (Å²) in [7, 11) is 0. The Hall–Kier alpha value is -1.96. The van der Waals surface area contributed by atoms with Gasteiger partial charge in [-0.15, -0.1) is 0 Å². The summed E-state index contributed by atoms with van der Waals surface area (Å²) in [5.74, 6) is 6.71. The highest BCUT2D eigenvalue weighted by atomic mass is 15.2. The van der Waals surface area contributed by atoms with Crippen molar-refractivity contribution < 1.29 is 0 Å². The average Bonchev–Trinajstić information content (AvgIpc) is 3.78. The smallest absolute Gasteiger partial charge is 0.0539 e. The summed E-state index contributed by atoms with van der Waals surface area (Å²) in [6.45, 7) is 7.68. The lowest BCUT2D eigenvalue weighted by Gasteiger charge is -2.64. The van der Waals surface area contributed by atoms with Crippen LogP contribution in [0.25, 0.3) is 0 Å². The molecule has 6 N–H and O–H groups in total. The van der Waals surface area contributed by atoms with E-state index in [0.29, 0.717) is 84.1 Å². The van der Waals surface area contributed by atoms with Gasteiger partial charge in [0.05, 0.1) is 6.04 Å². The molecule has 6 nitrogen and oxygen atoms in total. The van der Waals surface area contributed by atoms with E-state index in [0.717, 1.165) is 36.0 Å². The van der Waals surface area contributed by atoms with Crippen LogP contribution in [0, 0.1) is 53.3 Å². The minimum absolute atomic E-state index is 0.275. The van der Waals surface area contributed by atoms with Crippen molar-refractivity contribution in [2.45, 2.75) is 222 Å². The zero-order valence-corrected chi connectivity index (χ0v) is 38.8. The molecule has 0 aromatic carbocycles. The molecule has 8 fully saturated rings. The Morgan fingerprint density at radius 2 is 1.53 bits per heavy atom. The van der Waals surface area contributed by atoms with Crippen LogP contribution in [0.4, 0.5) is 0 Å². The monoisotopic (exact) mass is 839 g/mol. The van der Waals surface area contributed by atoms with Gasteiger partial charge in [0.15, 0.2) is 0 Å². The number of fused-ring (bicyclic) bond motifs is 14. The fourth-order valence-corrected chi connectivity index (χ4v) is 18.6. The molecule has 0 radical (unpaired) electrons. The van der Waals surface area contributed by atoms with Crippen molar-refractivity contribution in [3.8, 4) is 0 Å². The molecule has 336 valence electrons. The third-order valence-corrected chi connectivity index (χ3v) is 21.3. The predicted octanol–water partition coefficient (Wildman–Crippen LogP) is 9.44. The summed E-state index contributed by atoms with van der Waals surface area (Å²) in [6.07, 6.45) is 41.7. The van der Waals surface area contributed by atoms with E-state index in [1.807, 2.05) is 11.1 Å². The first-order valence-electron chi connectivity index (χ1n) is 27.3. The third-order valence-electron chi connectivity index (χ3n) is 21.3. The molecule has 0 aromatic heterocycles. The van der Waals surface area contributed by atoms with Crippen molar-refractivity contribution in [1.82, 2.24) is 31.9 Å². The fraction of sp³-hybridized carbons (Fsp3) is 0.786. The first-order valence-corrected chi connectivity index (χ1v) is 27.3. The van der Waals surface area contributed by atoms with Gasteiger partial charge in [-0.25, -0.2) is 0 Å². The van der Waals surface area contributed by atoms with Crippen molar-refractivity contribution in [1.29, 1.82) is 0 Å². The molecule has 13 rings (SSSR count). The van der Waals surface area contributed by atoms with E-state index in [4.69, 9.17) is 21.3 Å². The molecule has 16 bridgehead atoms. The van der Waals surface area contributed by atoms with Crippen LogP contribution in [0.15, 0.2) is 69.5 Å². The minimum Gasteiger partial charge on any atom is -0.382 e. The largest absolute Gasteiger partial charge is 0.382 e. The summed E-state index contributed by atoms with van der Waals surface area (Å²) in [5.41, 5.74) is 11.8. The number of rotatable bonds is 2. The molecule has 13 aliphatic rings. The Labute approximate surface area is 375 Å². The molecular weight excluding hydrogens is 757 g/mol. The van der Waals surface area contributed by atoms with Crippen LogP contribution in [0.3, 0.4) is 0 Å². The van der Waals surface area contributed by atoms with E-state index in [-0.39, 0.29) is 6.04 Å². The second-order valence-corrected chi connectivity index (χ2v) is 24.0. The van der Waals surface area contributed by atoms with Crippen LogP contribution in [0.2, 0.25) is 0 Å². The number of piperazine rings is 1. The van der Waals surface area contributed by atoms with Gasteiger partial charge >= 0.3 is 0 Å². The molecule has 4 saturated heterocycles. The van der Waals surface area contributed by atoms with Crippen molar-refractivity contribution in [3.63, 3.8) is 0 Å². The quantitative estimate of drug-likeness (QED) is 0.156. The maximum atomic E-state index is 4.87. The van der Waals surface area contributed by atoms with Gasteiger partial charge < -0.3 is 31.9 Å². The number of allylic oxidation sites excluding steroid dienone is 6. The van der Waals surface area contributed by atoms with E-state index in [1.54, 1.807) is 16.7 Å². The SMILES string of the molecule is CCC1=C2CCCC3C4CCCC(CC4)CC4CCC(N4)C4=CC=C5C6=CCC(CC7C=CC(=C(C)CC7)C7CCCC8C(CC)C9C(C1)C(NC23)C1NC4C5NC1C9NC78)N6. The van der Waals surface area contributed by atoms with Crippen molar-refractivity contribution in [2.75, 3.05) is 0 Å². The van der Waals surface area contributed by atoms with Crippen LogP contribution < -0.4 is 31.9 Å². The third kappa shape index (κ3) is 6.53. The van der Waals surface area contributed by atoms with Gasteiger partial charge in [0.25, 0.3) is 0 Å². The molecule has 20 unspecified atom stereocenters. The zero-order valence-electron chi connectivity index (χ0n) is 38.8. The Kier molecular flexibility index (Phi) is 10.5. The average molecular weight is 839 g/mol. The summed E-state index contributed by atoms with van der Waals surface area (Å²) >= 11 is 0. The molecule has 0 aromatic rings. The lowest BCUT2D eigenvalue weighted by Crippen LogP contribution is -2.83. The first-order chi connectivity index (χ1) is 30.5. The molecule has 0 amide bonds. The number of piperidine rings is 1. The second kappa shape index (κ2) is 16.1. The van der Waals surface area contributed by atoms with Crippen LogP contribution in [-0.2, 0) is 0 Å². The van der Waals surface area contributed by atoms with Gasteiger partial charge in [-0.3, -0.25) is 0 Å². The minimum atomic E-state index is 0.275. The van der Waals surface area contributed by atoms with E-state index in [2.05, 4.69) is 61.8 Å². The Morgan fingerprint density at radius 3 is 2.45 bits per heavy atom. The summed E-state index contributed by atoms with van der Waals surface area (Å²) in [6, 6.07) is 5.08. The predicted molar refractivity (Wildman–Crippen MR) is 253 cm³/mol. The molecule has 20 atom stereocenters. The molecule has 6 heteroatoms. The van der Waals surface area contributed by atoms with Crippen LogP contribution >= 0.6 is 0 Å². The molecule has 0 spiro atoms. The van der Waals surface area contributed by atoms with Crippen molar-refractivity contribution in [3.05, 3.63) is 69.5 Å². The highest BCUT2D eigenvalue weighted by Gasteiger charge is 2.62. The lowest BCUT2D eigenvalue weighted by molar-refractivity contribution is -0.0661. The van der Waals surface area contributed by atoms with E-state index in [1.165, 1.54) is 140 Å². The molecule has 62 heavy (non-hydrogen) atoms. The van der Waals surface area contributed by atoms with Crippen molar-refractivity contribution in [2.24, 2.45) is 53.3 Å². The molecular formula is C56H82N6. The molecule has 4 saturated carbocycles. The molecule has 7 aliphatic heterocycles. The summed E-state index contributed by atoms with van der Waals surface area (Å²) in [5, 5.41) is 27.8. The summed E-state index contributed by atoms with van der Waals surface area (Å²) < 4.78 is 0. The van der Waals surface area contributed by atoms with Crippen molar-refractivity contribution >= 4 is 0 Å². The van der Waals surface area contributed by atoms with E-state index >= 15 is 0 Å². The molecule has 7 heterocycles. The molecule has 6 aliphatic carbocycles. The normalized spacial score (nSPS) is 50.3. The Bertz CT molecular complexity index is 1950. The summed E-state index contributed by atoms with van der Waals surface area (Å²) in [4.78, 5) is 0. The van der Waals surface area contributed by atoms with E-state index < -0.39 is 0 Å². The Morgan fingerprint density at radius 1 is 0.661 bits per heavy atom. The van der Waals surface area contributed by atoms with Gasteiger partial charge in [-0.1, -0.05) is 99.5 Å². The fourth-order valence-electron chi connectivity index (χ4n) is 18.6. The highest BCUT2D eigenvalue weighted by Crippen LogP contribution is 2.56. The zero-order chi connectivity index (χ0) is 41.2. The maximum Gasteiger partial charge on any atom is 0.0539 e. The number of hydrogen-bond donors (Lipinski definition) is 6.